The Kier molecular flexibility index (Phi) is 4.13. The second-order valence-corrected chi connectivity index (χ2v) is 6.63. The van der Waals surface area contributed by atoms with Gasteiger partial charge in [0.25, 0.3) is 0 Å². The standard InChI is InChI=1S/C19H22FN5/c20-15-4-1-5-16-17(15)18(21)24-19(7-10-22-11-8-19)25(16)12-6-14-3-2-9-23-13-14/h1-5,9,13,22H,6-8,10-12H2,(H2,21,24). The Morgan fingerprint density at radius 2 is 2.04 bits per heavy atom. The second kappa shape index (κ2) is 6.44. The van der Waals surface area contributed by atoms with Crippen LogP contribution < -0.4 is 16.0 Å². The summed E-state index contributed by atoms with van der Waals surface area (Å²) in [5.74, 6) is 0.00143. The lowest BCUT2D eigenvalue weighted by molar-refractivity contribution is 0.295. The van der Waals surface area contributed by atoms with Gasteiger partial charge in [0.15, 0.2) is 0 Å². The highest BCUT2D eigenvalue weighted by Gasteiger charge is 2.42. The number of aliphatic imine (C=N–C) groups is 1. The van der Waals surface area contributed by atoms with E-state index in [1.54, 1.807) is 12.3 Å². The highest BCUT2D eigenvalue weighted by Crippen LogP contribution is 2.39. The Morgan fingerprint density at radius 1 is 1.20 bits per heavy atom. The molecule has 1 aromatic carbocycles. The molecule has 0 amide bonds. The topological polar surface area (TPSA) is 66.5 Å². The van der Waals surface area contributed by atoms with E-state index in [2.05, 4.69) is 21.3 Å². The van der Waals surface area contributed by atoms with Gasteiger partial charge in [0.1, 0.15) is 17.3 Å². The fourth-order valence-electron chi connectivity index (χ4n) is 3.88. The Balaban J connectivity index is 1.73. The summed E-state index contributed by atoms with van der Waals surface area (Å²) in [6, 6.07) is 9.15. The fourth-order valence-corrected chi connectivity index (χ4v) is 3.88. The molecule has 0 saturated carbocycles. The number of nitrogens with zero attached hydrogens (tertiary/aromatic N) is 3. The van der Waals surface area contributed by atoms with Crippen molar-refractivity contribution in [3.63, 3.8) is 0 Å². The molecule has 130 valence electrons. The summed E-state index contributed by atoms with van der Waals surface area (Å²) in [5.41, 5.74) is 8.22. The van der Waals surface area contributed by atoms with Gasteiger partial charge in [-0.2, -0.15) is 0 Å². The van der Waals surface area contributed by atoms with E-state index in [9.17, 15) is 4.39 Å². The number of hydrogen-bond acceptors (Lipinski definition) is 5. The third-order valence-electron chi connectivity index (χ3n) is 5.12. The highest BCUT2D eigenvalue weighted by molar-refractivity contribution is 6.04. The third kappa shape index (κ3) is 2.87. The molecule has 2 aromatic rings. The van der Waals surface area contributed by atoms with Crippen LogP contribution in [-0.2, 0) is 6.42 Å². The van der Waals surface area contributed by atoms with Crippen molar-refractivity contribution in [2.24, 2.45) is 10.7 Å². The van der Waals surface area contributed by atoms with Gasteiger partial charge in [-0.25, -0.2) is 9.38 Å². The molecule has 0 unspecified atom stereocenters. The van der Waals surface area contributed by atoms with Crippen molar-refractivity contribution in [1.82, 2.24) is 10.3 Å². The van der Waals surface area contributed by atoms with Crippen LogP contribution in [0.25, 0.3) is 0 Å². The average molecular weight is 339 g/mol. The van der Waals surface area contributed by atoms with Crippen LogP contribution in [0.5, 0.6) is 0 Å². The van der Waals surface area contributed by atoms with Crippen LogP contribution >= 0.6 is 0 Å². The molecular formula is C19H22FN5. The Hall–Kier alpha value is -2.47. The molecule has 1 aromatic heterocycles. The summed E-state index contributed by atoms with van der Waals surface area (Å²) >= 11 is 0. The minimum absolute atomic E-state index is 0.311. The van der Waals surface area contributed by atoms with E-state index in [-0.39, 0.29) is 5.82 Å². The zero-order valence-corrected chi connectivity index (χ0v) is 14.1. The molecule has 2 aliphatic heterocycles. The number of nitrogens with one attached hydrogen (secondary N) is 1. The van der Waals surface area contributed by atoms with Gasteiger partial charge < -0.3 is 16.0 Å². The molecule has 0 atom stereocenters. The van der Waals surface area contributed by atoms with E-state index in [1.165, 1.54) is 6.07 Å². The maximum Gasteiger partial charge on any atom is 0.136 e. The molecule has 0 radical (unpaired) electrons. The second-order valence-electron chi connectivity index (χ2n) is 6.63. The van der Waals surface area contributed by atoms with Crippen LogP contribution in [0.1, 0.15) is 24.0 Å². The minimum atomic E-state index is -0.391. The summed E-state index contributed by atoms with van der Waals surface area (Å²) in [6.45, 7) is 2.51. The summed E-state index contributed by atoms with van der Waals surface area (Å²) in [7, 11) is 0. The molecule has 5 nitrogen and oxygen atoms in total. The van der Waals surface area contributed by atoms with E-state index in [4.69, 9.17) is 10.7 Å². The molecular weight excluding hydrogens is 317 g/mol. The molecule has 25 heavy (non-hydrogen) atoms. The number of fused-ring (bicyclic) bond motifs is 1. The van der Waals surface area contributed by atoms with Crippen molar-refractivity contribution in [2.45, 2.75) is 24.9 Å². The Bertz CT molecular complexity index is 784. The van der Waals surface area contributed by atoms with Crippen LogP contribution in [0.2, 0.25) is 0 Å². The first-order valence-electron chi connectivity index (χ1n) is 8.71. The van der Waals surface area contributed by atoms with Crippen LogP contribution in [0.4, 0.5) is 10.1 Å². The summed E-state index contributed by atoms with van der Waals surface area (Å²) in [5, 5.41) is 3.38. The van der Waals surface area contributed by atoms with Crippen LogP contribution in [0.15, 0.2) is 47.7 Å². The SMILES string of the molecule is NC1=NC2(CCNCC2)N(CCc2cccnc2)c2cccc(F)c21. The van der Waals surface area contributed by atoms with Crippen molar-refractivity contribution in [3.8, 4) is 0 Å². The molecule has 1 saturated heterocycles. The molecule has 4 rings (SSSR count). The normalized spacial score (nSPS) is 18.8. The zero-order valence-electron chi connectivity index (χ0n) is 14.1. The molecule has 1 fully saturated rings. The van der Waals surface area contributed by atoms with Gasteiger partial charge in [-0.05, 0) is 43.3 Å². The van der Waals surface area contributed by atoms with Gasteiger partial charge in [-0.3, -0.25) is 4.98 Å². The number of nitrogens with two attached hydrogens (primary N) is 1. The summed E-state index contributed by atoms with van der Waals surface area (Å²) in [6.07, 6.45) is 6.19. The van der Waals surface area contributed by atoms with Gasteiger partial charge in [-0.1, -0.05) is 12.1 Å². The number of benzene rings is 1. The smallest absolute Gasteiger partial charge is 0.136 e. The number of aromatic nitrogens is 1. The van der Waals surface area contributed by atoms with Gasteiger partial charge in [-0.15, -0.1) is 0 Å². The quantitative estimate of drug-likeness (QED) is 0.898. The van der Waals surface area contributed by atoms with Gasteiger partial charge in [0.2, 0.25) is 0 Å². The first kappa shape index (κ1) is 16.0. The number of halogens is 1. The summed E-state index contributed by atoms with van der Waals surface area (Å²) < 4.78 is 14.4. The van der Waals surface area contributed by atoms with Crippen LogP contribution in [0, 0.1) is 5.82 Å². The average Bonchev–Trinajstić information content (AvgIpc) is 2.63. The van der Waals surface area contributed by atoms with Gasteiger partial charge in [0, 0.05) is 31.8 Å². The molecule has 3 heterocycles. The van der Waals surface area contributed by atoms with Crippen molar-refractivity contribution >= 4 is 11.5 Å². The lowest BCUT2D eigenvalue weighted by atomic mass is 9.91. The predicted octanol–water partition coefficient (Wildman–Crippen LogP) is 2.07. The van der Waals surface area contributed by atoms with E-state index >= 15 is 0 Å². The number of hydrogen-bond donors (Lipinski definition) is 2. The lowest BCUT2D eigenvalue weighted by Gasteiger charge is -2.48. The molecule has 0 bridgehead atoms. The molecule has 2 aliphatic rings. The fraction of sp³-hybridized carbons (Fsp3) is 0.368. The van der Waals surface area contributed by atoms with Crippen molar-refractivity contribution in [1.29, 1.82) is 0 Å². The number of rotatable bonds is 3. The Labute approximate surface area is 146 Å². The number of pyridine rings is 1. The Morgan fingerprint density at radius 3 is 2.80 bits per heavy atom. The number of anilines is 1. The van der Waals surface area contributed by atoms with Crippen LogP contribution in [-0.4, -0.2) is 36.1 Å². The summed E-state index contributed by atoms with van der Waals surface area (Å²) in [4.78, 5) is 11.2. The maximum absolute atomic E-state index is 14.4. The van der Waals surface area contributed by atoms with E-state index in [1.807, 2.05) is 18.3 Å². The van der Waals surface area contributed by atoms with E-state index < -0.39 is 5.66 Å². The zero-order chi connectivity index (χ0) is 17.3. The monoisotopic (exact) mass is 339 g/mol. The van der Waals surface area contributed by atoms with Crippen molar-refractivity contribution < 1.29 is 4.39 Å². The largest absolute Gasteiger partial charge is 0.383 e. The number of amidine groups is 1. The first-order valence-corrected chi connectivity index (χ1v) is 8.71. The molecule has 6 heteroatoms. The van der Waals surface area contributed by atoms with Gasteiger partial charge in [0.05, 0.1) is 11.3 Å². The lowest BCUT2D eigenvalue weighted by Crippen LogP contribution is -2.57. The third-order valence-corrected chi connectivity index (χ3v) is 5.12. The highest BCUT2D eigenvalue weighted by atomic mass is 19.1. The predicted molar refractivity (Wildman–Crippen MR) is 97.2 cm³/mol. The minimum Gasteiger partial charge on any atom is -0.383 e. The van der Waals surface area contributed by atoms with Crippen molar-refractivity contribution in [3.05, 3.63) is 59.7 Å². The number of piperidine rings is 1. The van der Waals surface area contributed by atoms with E-state index in [0.29, 0.717) is 11.4 Å². The van der Waals surface area contributed by atoms with E-state index in [0.717, 1.165) is 50.1 Å². The van der Waals surface area contributed by atoms with Crippen LogP contribution in [0.3, 0.4) is 0 Å². The van der Waals surface area contributed by atoms with Crippen molar-refractivity contribution in [2.75, 3.05) is 24.5 Å². The maximum atomic E-state index is 14.4. The molecule has 1 spiro atoms. The van der Waals surface area contributed by atoms with Gasteiger partial charge >= 0.3 is 0 Å². The molecule has 0 aliphatic carbocycles. The first-order chi connectivity index (χ1) is 12.2. The molecule has 3 N–H and O–H groups in total.